The van der Waals surface area contributed by atoms with Crippen LogP contribution < -0.4 is 15.6 Å². The quantitative estimate of drug-likeness (QED) is 0.603. The third-order valence-electron chi connectivity index (χ3n) is 2.38. The highest BCUT2D eigenvalue weighted by atomic mass is 32.2. The van der Waals surface area contributed by atoms with E-state index in [0.717, 1.165) is 0 Å². The van der Waals surface area contributed by atoms with Crippen LogP contribution in [-0.2, 0) is 10.2 Å². The van der Waals surface area contributed by atoms with E-state index < -0.39 is 16.3 Å². The number of fused-ring (bicyclic) bond motifs is 1. The molecule has 1 unspecified atom stereocenters. The minimum Gasteiger partial charge on any atom is -0.306 e. The van der Waals surface area contributed by atoms with Crippen molar-refractivity contribution in [3.63, 3.8) is 0 Å². The summed E-state index contributed by atoms with van der Waals surface area (Å²) in [6.45, 7) is 1.66. The molecule has 0 bridgehead atoms. The number of nitrogens with two attached hydrogens (primary N) is 1. The van der Waals surface area contributed by atoms with Crippen LogP contribution in [0, 0.1) is 0 Å². The molecule has 0 amide bonds. The van der Waals surface area contributed by atoms with E-state index in [1.165, 1.54) is 0 Å². The Bertz CT molecular complexity index is 700. The Morgan fingerprint density at radius 1 is 1.29 bits per heavy atom. The molecule has 0 radical (unpaired) electrons. The molecular formula is C9H12N4O3S. The van der Waals surface area contributed by atoms with Gasteiger partial charge in [0, 0.05) is 6.04 Å². The van der Waals surface area contributed by atoms with Gasteiger partial charge in [-0.15, -0.1) is 0 Å². The summed E-state index contributed by atoms with van der Waals surface area (Å²) >= 11 is 0. The van der Waals surface area contributed by atoms with Gasteiger partial charge in [-0.25, -0.2) is 9.93 Å². The van der Waals surface area contributed by atoms with Crippen LogP contribution >= 0.6 is 0 Å². The van der Waals surface area contributed by atoms with Gasteiger partial charge in [-0.3, -0.25) is 0 Å². The van der Waals surface area contributed by atoms with E-state index in [-0.39, 0.29) is 5.69 Å². The summed E-state index contributed by atoms with van der Waals surface area (Å²) in [5, 5.41) is 4.89. The van der Waals surface area contributed by atoms with Crippen molar-refractivity contribution in [1.29, 1.82) is 0 Å². The maximum Gasteiger partial charge on any atom is 0.323 e. The van der Waals surface area contributed by atoms with Gasteiger partial charge in [0.1, 0.15) is 0 Å². The van der Waals surface area contributed by atoms with Crippen LogP contribution in [0.25, 0.3) is 11.0 Å². The summed E-state index contributed by atoms with van der Waals surface area (Å²) in [5.74, 6) is 0. The van der Waals surface area contributed by atoms with Crippen molar-refractivity contribution in [3.8, 4) is 0 Å². The molecule has 8 heteroatoms. The van der Waals surface area contributed by atoms with Gasteiger partial charge < -0.3 is 9.97 Å². The maximum absolute atomic E-state index is 11.1. The Labute approximate surface area is 97.2 Å². The molecular weight excluding hydrogens is 244 g/mol. The smallest absolute Gasteiger partial charge is 0.306 e. The molecule has 0 aliphatic carbocycles. The first-order valence-corrected chi connectivity index (χ1v) is 6.42. The Morgan fingerprint density at radius 2 is 1.94 bits per heavy atom. The third kappa shape index (κ3) is 2.73. The van der Waals surface area contributed by atoms with Crippen molar-refractivity contribution < 1.29 is 8.42 Å². The van der Waals surface area contributed by atoms with Gasteiger partial charge >= 0.3 is 5.69 Å². The van der Waals surface area contributed by atoms with E-state index in [4.69, 9.17) is 5.14 Å². The molecule has 1 atom stereocenters. The van der Waals surface area contributed by atoms with Crippen molar-refractivity contribution in [1.82, 2.24) is 14.7 Å². The van der Waals surface area contributed by atoms with Crippen molar-refractivity contribution in [2.75, 3.05) is 0 Å². The third-order valence-corrected chi connectivity index (χ3v) is 3.06. The Morgan fingerprint density at radius 3 is 2.59 bits per heavy atom. The zero-order valence-electron chi connectivity index (χ0n) is 9.02. The van der Waals surface area contributed by atoms with Gasteiger partial charge in [0.15, 0.2) is 0 Å². The molecule has 17 heavy (non-hydrogen) atoms. The lowest BCUT2D eigenvalue weighted by Crippen LogP contribution is -2.32. The Kier molecular flexibility index (Phi) is 2.77. The van der Waals surface area contributed by atoms with E-state index in [2.05, 4.69) is 14.7 Å². The van der Waals surface area contributed by atoms with Crippen LogP contribution in [0.5, 0.6) is 0 Å². The van der Waals surface area contributed by atoms with Gasteiger partial charge in [0.25, 0.3) is 10.2 Å². The number of hydrogen-bond donors (Lipinski definition) is 4. The van der Waals surface area contributed by atoms with Crippen molar-refractivity contribution in [3.05, 3.63) is 34.2 Å². The van der Waals surface area contributed by atoms with Crippen LogP contribution in [0.3, 0.4) is 0 Å². The predicted octanol–water partition coefficient (Wildman–Crippen LogP) is -0.290. The first-order valence-electron chi connectivity index (χ1n) is 4.87. The molecule has 1 aromatic carbocycles. The number of aromatic nitrogens is 2. The summed E-state index contributed by atoms with van der Waals surface area (Å²) in [7, 11) is -3.75. The number of H-pyrrole nitrogens is 2. The summed E-state index contributed by atoms with van der Waals surface area (Å²) in [6, 6.07) is 4.64. The standard InChI is InChI=1S/C9H12N4O3S/c1-5(13-17(10,15)16)6-2-3-7-8(4-6)12-9(14)11-7/h2-5,13H,1H3,(H2,10,15,16)(H2,11,12,14). The average molecular weight is 256 g/mol. The molecule has 0 aliphatic rings. The van der Waals surface area contributed by atoms with Crippen LogP contribution in [0.1, 0.15) is 18.5 Å². The minimum atomic E-state index is -3.75. The van der Waals surface area contributed by atoms with Gasteiger partial charge in [-0.05, 0) is 24.6 Å². The van der Waals surface area contributed by atoms with Crippen molar-refractivity contribution in [2.24, 2.45) is 5.14 Å². The topological polar surface area (TPSA) is 121 Å². The van der Waals surface area contributed by atoms with E-state index >= 15 is 0 Å². The molecule has 7 nitrogen and oxygen atoms in total. The number of nitrogens with one attached hydrogen (secondary N) is 3. The molecule has 1 aromatic heterocycles. The van der Waals surface area contributed by atoms with Gasteiger partial charge in [0.05, 0.1) is 11.0 Å². The highest BCUT2D eigenvalue weighted by Gasteiger charge is 2.12. The number of aromatic amines is 2. The fourth-order valence-corrected chi connectivity index (χ4v) is 2.26. The zero-order chi connectivity index (χ0) is 12.6. The number of imidazole rings is 1. The van der Waals surface area contributed by atoms with E-state index in [9.17, 15) is 13.2 Å². The predicted molar refractivity (Wildman–Crippen MR) is 63.6 cm³/mol. The SMILES string of the molecule is CC(NS(N)(=O)=O)c1ccc2[nH]c(=O)[nH]c2c1. The summed E-state index contributed by atoms with van der Waals surface area (Å²) < 4.78 is 24.0. The molecule has 0 aliphatic heterocycles. The van der Waals surface area contributed by atoms with E-state index in [1.807, 2.05) is 0 Å². The molecule has 0 fully saturated rings. The van der Waals surface area contributed by atoms with Crippen LogP contribution in [0.2, 0.25) is 0 Å². The normalized spacial score (nSPS) is 14.0. The second-order valence-corrected chi connectivity index (χ2v) is 5.09. The maximum atomic E-state index is 11.1. The van der Waals surface area contributed by atoms with E-state index in [1.54, 1.807) is 25.1 Å². The molecule has 0 spiro atoms. The van der Waals surface area contributed by atoms with Crippen LogP contribution in [0.4, 0.5) is 0 Å². The molecule has 0 saturated heterocycles. The van der Waals surface area contributed by atoms with E-state index in [0.29, 0.717) is 16.6 Å². The number of hydrogen-bond acceptors (Lipinski definition) is 3. The first-order chi connectivity index (χ1) is 7.85. The fourth-order valence-electron chi connectivity index (χ4n) is 1.63. The van der Waals surface area contributed by atoms with Crippen LogP contribution in [0.15, 0.2) is 23.0 Å². The van der Waals surface area contributed by atoms with Gasteiger partial charge in [0.2, 0.25) is 0 Å². The lowest BCUT2D eigenvalue weighted by molar-refractivity contribution is 0.569. The van der Waals surface area contributed by atoms with Gasteiger partial charge in [-0.1, -0.05) is 6.07 Å². The Balaban J connectivity index is 2.39. The van der Waals surface area contributed by atoms with Crippen LogP contribution in [-0.4, -0.2) is 18.4 Å². The summed E-state index contributed by atoms with van der Waals surface area (Å²) in [6.07, 6.45) is 0. The molecule has 2 rings (SSSR count). The highest BCUT2D eigenvalue weighted by molar-refractivity contribution is 7.87. The minimum absolute atomic E-state index is 0.302. The number of benzene rings is 1. The average Bonchev–Trinajstić information content (AvgIpc) is 2.53. The highest BCUT2D eigenvalue weighted by Crippen LogP contribution is 2.17. The van der Waals surface area contributed by atoms with Crippen molar-refractivity contribution in [2.45, 2.75) is 13.0 Å². The first kappa shape index (κ1) is 11.8. The monoisotopic (exact) mass is 256 g/mol. The number of rotatable bonds is 3. The van der Waals surface area contributed by atoms with Crippen molar-refractivity contribution >= 4 is 21.2 Å². The lowest BCUT2D eigenvalue weighted by Gasteiger charge is -2.11. The fraction of sp³-hybridized carbons (Fsp3) is 0.222. The Hall–Kier alpha value is -1.64. The lowest BCUT2D eigenvalue weighted by atomic mass is 10.1. The molecule has 5 N–H and O–H groups in total. The molecule has 2 aromatic rings. The summed E-state index contributed by atoms with van der Waals surface area (Å²) in [5.41, 5.74) is 1.70. The molecule has 0 saturated carbocycles. The van der Waals surface area contributed by atoms with Gasteiger partial charge in [-0.2, -0.15) is 13.1 Å². The molecule has 1 heterocycles. The second kappa shape index (κ2) is 3.99. The largest absolute Gasteiger partial charge is 0.323 e. The zero-order valence-corrected chi connectivity index (χ0v) is 9.84. The summed E-state index contributed by atoms with van der Waals surface area (Å²) in [4.78, 5) is 16.3. The second-order valence-electron chi connectivity index (χ2n) is 3.77. The molecule has 92 valence electrons.